The number of rotatable bonds is 8. The fourth-order valence-electron chi connectivity index (χ4n) is 3.09. The van der Waals surface area contributed by atoms with E-state index in [0.29, 0.717) is 19.0 Å². The van der Waals surface area contributed by atoms with E-state index in [2.05, 4.69) is 24.5 Å². The number of urea groups is 1. The molecule has 1 aliphatic heterocycles. The highest BCUT2D eigenvalue weighted by atomic mass is 16.2. The van der Waals surface area contributed by atoms with Crippen LogP contribution in [0.3, 0.4) is 0 Å². The van der Waals surface area contributed by atoms with Crippen LogP contribution < -0.4 is 15.5 Å². The quantitative estimate of drug-likeness (QED) is 0.769. The SMILES string of the molecule is CCCCC(CC)CNC(=O)NCC(=O)N1CCc2ccccc21. The van der Waals surface area contributed by atoms with Crippen molar-refractivity contribution in [2.24, 2.45) is 5.92 Å². The van der Waals surface area contributed by atoms with Crippen molar-refractivity contribution in [3.05, 3.63) is 29.8 Å². The molecule has 2 N–H and O–H groups in total. The molecular formula is C19H29N3O2. The molecule has 5 heteroatoms. The monoisotopic (exact) mass is 331 g/mol. The summed E-state index contributed by atoms with van der Waals surface area (Å²) in [5.74, 6) is 0.449. The van der Waals surface area contributed by atoms with Crippen LogP contribution in [0.2, 0.25) is 0 Å². The van der Waals surface area contributed by atoms with Gasteiger partial charge in [-0.1, -0.05) is 51.3 Å². The van der Waals surface area contributed by atoms with Crippen molar-refractivity contribution in [2.45, 2.75) is 46.0 Å². The van der Waals surface area contributed by atoms with Gasteiger partial charge in [-0.3, -0.25) is 4.79 Å². The number of carbonyl (C=O) groups is 2. The van der Waals surface area contributed by atoms with Gasteiger partial charge in [0.2, 0.25) is 5.91 Å². The number of hydrogen-bond acceptors (Lipinski definition) is 2. The Labute approximate surface area is 144 Å². The molecule has 1 unspecified atom stereocenters. The number of carbonyl (C=O) groups excluding carboxylic acids is 2. The van der Waals surface area contributed by atoms with Crippen LogP contribution in [-0.2, 0) is 11.2 Å². The maximum Gasteiger partial charge on any atom is 0.315 e. The average Bonchev–Trinajstić information content (AvgIpc) is 3.04. The predicted octanol–water partition coefficient (Wildman–Crippen LogP) is 3.09. The second kappa shape index (κ2) is 9.30. The molecule has 0 aliphatic carbocycles. The standard InChI is InChI=1S/C19H29N3O2/c1-3-5-8-15(4-2)13-20-19(24)21-14-18(23)22-12-11-16-9-6-7-10-17(16)22/h6-7,9-10,15H,3-5,8,11-14H2,1-2H3,(H2,20,21,24). The summed E-state index contributed by atoms with van der Waals surface area (Å²) >= 11 is 0. The van der Waals surface area contributed by atoms with Gasteiger partial charge in [0.15, 0.2) is 0 Å². The molecule has 1 atom stereocenters. The highest BCUT2D eigenvalue weighted by Gasteiger charge is 2.24. The number of fused-ring (bicyclic) bond motifs is 1. The lowest BCUT2D eigenvalue weighted by Gasteiger charge is -2.18. The molecule has 5 nitrogen and oxygen atoms in total. The Morgan fingerprint density at radius 1 is 1.21 bits per heavy atom. The number of anilines is 1. The lowest BCUT2D eigenvalue weighted by Crippen LogP contribution is -2.44. The van der Waals surface area contributed by atoms with E-state index in [4.69, 9.17) is 0 Å². The van der Waals surface area contributed by atoms with E-state index in [9.17, 15) is 9.59 Å². The maximum absolute atomic E-state index is 12.3. The van der Waals surface area contributed by atoms with E-state index < -0.39 is 0 Å². The Morgan fingerprint density at radius 3 is 2.75 bits per heavy atom. The van der Waals surface area contributed by atoms with E-state index in [1.165, 1.54) is 18.4 Å². The van der Waals surface area contributed by atoms with Crippen molar-refractivity contribution in [1.29, 1.82) is 0 Å². The Hall–Kier alpha value is -2.04. The van der Waals surface area contributed by atoms with Crippen LogP contribution in [0, 0.1) is 5.92 Å². The average molecular weight is 331 g/mol. The topological polar surface area (TPSA) is 61.4 Å². The van der Waals surface area contributed by atoms with Gasteiger partial charge in [0.1, 0.15) is 0 Å². The fourth-order valence-corrected chi connectivity index (χ4v) is 3.09. The molecule has 1 aromatic rings. The summed E-state index contributed by atoms with van der Waals surface area (Å²) in [5, 5.41) is 5.57. The van der Waals surface area contributed by atoms with Crippen LogP contribution in [0.1, 0.15) is 45.1 Å². The van der Waals surface area contributed by atoms with Gasteiger partial charge in [0.05, 0.1) is 6.54 Å². The summed E-state index contributed by atoms with van der Waals surface area (Å²) < 4.78 is 0. The molecule has 1 aliphatic rings. The van der Waals surface area contributed by atoms with Gasteiger partial charge in [-0.05, 0) is 30.4 Å². The van der Waals surface area contributed by atoms with E-state index >= 15 is 0 Å². The molecule has 1 heterocycles. The van der Waals surface area contributed by atoms with Crippen LogP contribution in [0.5, 0.6) is 0 Å². The van der Waals surface area contributed by atoms with Crippen molar-refractivity contribution >= 4 is 17.6 Å². The number of amides is 3. The second-order valence-electron chi connectivity index (χ2n) is 6.40. The summed E-state index contributed by atoms with van der Waals surface area (Å²) in [6, 6.07) is 7.67. The van der Waals surface area contributed by atoms with E-state index in [-0.39, 0.29) is 18.5 Å². The molecule has 132 valence electrons. The normalized spacial score (nSPS) is 14.2. The van der Waals surface area contributed by atoms with Crippen molar-refractivity contribution in [2.75, 3.05) is 24.5 Å². The third kappa shape index (κ3) is 4.98. The zero-order valence-electron chi connectivity index (χ0n) is 14.8. The molecule has 0 radical (unpaired) electrons. The number of nitrogens with one attached hydrogen (secondary N) is 2. The van der Waals surface area contributed by atoms with Gasteiger partial charge in [-0.25, -0.2) is 4.79 Å². The van der Waals surface area contributed by atoms with Gasteiger partial charge in [0.25, 0.3) is 0 Å². The highest BCUT2D eigenvalue weighted by molar-refractivity contribution is 5.98. The van der Waals surface area contributed by atoms with Crippen molar-refractivity contribution in [1.82, 2.24) is 10.6 Å². The number of benzene rings is 1. The molecule has 0 aromatic heterocycles. The van der Waals surface area contributed by atoms with Gasteiger partial charge in [0, 0.05) is 18.8 Å². The molecular weight excluding hydrogens is 302 g/mol. The molecule has 0 fully saturated rings. The molecule has 2 rings (SSSR count). The molecule has 0 spiro atoms. The highest BCUT2D eigenvalue weighted by Crippen LogP contribution is 2.27. The number of nitrogens with zero attached hydrogens (tertiary/aromatic N) is 1. The largest absolute Gasteiger partial charge is 0.338 e. The Morgan fingerprint density at radius 2 is 2.00 bits per heavy atom. The lowest BCUT2D eigenvalue weighted by molar-refractivity contribution is -0.117. The Bertz CT molecular complexity index is 559. The second-order valence-corrected chi connectivity index (χ2v) is 6.40. The van der Waals surface area contributed by atoms with Crippen molar-refractivity contribution in [3.8, 4) is 0 Å². The smallest absolute Gasteiger partial charge is 0.315 e. The lowest BCUT2D eigenvalue weighted by atomic mass is 9.99. The van der Waals surface area contributed by atoms with Crippen LogP contribution in [0.4, 0.5) is 10.5 Å². The first kappa shape index (κ1) is 18.3. The first-order chi connectivity index (χ1) is 11.7. The minimum atomic E-state index is -0.259. The van der Waals surface area contributed by atoms with E-state index in [1.807, 2.05) is 24.3 Å². The van der Waals surface area contributed by atoms with Crippen molar-refractivity contribution < 1.29 is 9.59 Å². The van der Waals surface area contributed by atoms with Gasteiger partial charge in [-0.2, -0.15) is 0 Å². The summed E-state index contributed by atoms with van der Waals surface area (Å²) in [6.45, 7) is 5.72. The third-order valence-electron chi connectivity index (χ3n) is 4.68. The van der Waals surface area contributed by atoms with Crippen LogP contribution in [-0.4, -0.2) is 31.6 Å². The molecule has 1 aromatic carbocycles. The predicted molar refractivity (Wildman–Crippen MR) is 97.2 cm³/mol. The maximum atomic E-state index is 12.3. The van der Waals surface area contributed by atoms with Gasteiger partial charge < -0.3 is 15.5 Å². The number of para-hydroxylation sites is 1. The van der Waals surface area contributed by atoms with Gasteiger partial charge >= 0.3 is 6.03 Å². The summed E-state index contributed by atoms with van der Waals surface area (Å²) in [7, 11) is 0. The zero-order valence-corrected chi connectivity index (χ0v) is 14.8. The van der Waals surface area contributed by atoms with Crippen LogP contribution >= 0.6 is 0 Å². The first-order valence-electron chi connectivity index (χ1n) is 9.05. The molecule has 24 heavy (non-hydrogen) atoms. The fraction of sp³-hybridized carbons (Fsp3) is 0.579. The molecule has 0 bridgehead atoms. The minimum Gasteiger partial charge on any atom is -0.338 e. The zero-order chi connectivity index (χ0) is 17.4. The van der Waals surface area contributed by atoms with Crippen molar-refractivity contribution in [3.63, 3.8) is 0 Å². The third-order valence-corrected chi connectivity index (χ3v) is 4.68. The molecule has 0 saturated heterocycles. The Balaban J connectivity index is 1.73. The summed E-state index contributed by atoms with van der Waals surface area (Å²) in [5.41, 5.74) is 2.16. The molecule has 3 amide bonds. The summed E-state index contributed by atoms with van der Waals surface area (Å²) in [6.07, 6.45) is 5.44. The van der Waals surface area contributed by atoms with Crippen LogP contribution in [0.15, 0.2) is 24.3 Å². The van der Waals surface area contributed by atoms with Gasteiger partial charge in [-0.15, -0.1) is 0 Å². The van der Waals surface area contributed by atoms with Crippen LogP contribution in [0.25, 0.3) is 0 Å². The first-order valence-corrected chi connectivity index (χ1v) is 9.05. The van der Waals surface area contributed by atoms with E-state index in [1.54, 1.807) is 4.90 Å². The number of hydrogen-bond donors (Lipinski definition) is 2. The Kier molecular flexibility index (Phi) is 7.09. The number of unbranched alkanes of at least 4 members (excludes halogenated alkanes) is 1. The summed E-state index contributed by atoms with van der Waals surface area (Å²) in [4.78, 5) is 26.0. The molecule has 0 saturated carbocycles. The minimum absolute atomic E-state index is 0.0337. The van der Waals surface area contributed by atoms with E-state index in [0.717, 1.165) is 24.9 Å².